The van der Waals surface area contributed by atoms with Crippen LogP contribution in [-0.2, 0) is 16.0 Å². The molecule has 0 atom stereocenters. The summed E-state index contributed by atoms with van der Waals surface area (Å²) in [5.74, 6) is 0.138. The van der Waals surface area contributed by atoms with Crippen LogP contribution in [0, 0.1) is 0 Å². The van der Waals surface area contributed by atoms with Gasteiger partial charge in [-0.15, -0.1) is 0 Å². The molecule has 0 aromatic heterocycles. The quantitative estimate of drug-likeness (QED) is 0.774. The van der Waals surface area contributed by atoms with E-state index in [1.54, 1.807) is 11.0 Å². The number of anilines is 2. The molecule has 0 spiro atoms. The van der Waals surface area contributed by atoms with E-state index < -0.39 is 0 Å². The molecule has 0 fully saturated rings. The largest absolute Gasteiger partial charge is 0.399 e. The highest BCUT2D eigenvalue weighted by atomic mass is 16.2. The maximum atomic E-state index is 11.7. The predicted octanol–water partition coefficient (Wildman–Crippen LogP) is 1.14. The highest BCUT2D eigenvalue weighted by molar-refractivity contribution is 6.02. The van der Waals surface area contributed by atoms with Crippen molar-refractivity contribution < 1.29 is 9.59 Å². The maximum absolute atomic E-state index is 11.7. The number of carbonyl (C=O) groups is 2. The number of amides is 1. The molecule has 4 nitrogen and oxygen atoms in total. The molecule has 1 heterocycles. The minimum absolute atomic E-state index is 0.0434. The second-order valence-corrected chi connectivity index (χ2v) is 4.06. The van der Waals surface area contributed by atoms with Gasteiger partial charge < -0.3 is 10.6 Å². The third-order valence-corrected chi connectivity index (χ3v) is 2.72. The summed E-state index contributed by atoms with van der Waals surface area (Å²) in [5, 5.41) is 0. The van der Waals surface area contributed by atoms with Crippen molar-refractivity contribution in [3.8, 4) is 0 Å². The Balaban J connectivity index is 2.22. The summed E-state index contributed by atoms with van der Waals surface area (Å²) in [5.41, 5.74) is 8.17. The van der Waals surface area contributed by atoms with Gasteiger partial charge >= 0.3 is 0 Å². The van der Waals surface area contributed by atoms with E-state index in [0.29, 0.717) is 25.1 Å². The van der Waals surface area contributed by atoms with Gasteiger partial charge in [0.25, 0.3) is 0 Å². The van der Waals surface area contributed by atoms with Crippen molar-refractivity contribution in [2.45, 2.75) is 19.8 Å². The number of nitrogens with zero attached hydrogens (tertiary/aromatic N) is 1. The number of nitrogen functional groups attached to an aromatic ring is 1. The van der Waals surface area contributed by atoms with Crippen molar-refractivity contribution in [1.29, 1.82) is 0 Å². The average molecular weight is 218 g/mol. The lowest BCUT2D eigenvalue weighted by molar-refractivity contribution is -0.117. The van der Waals surface area contributed by atoms with Gasteiger partial charge in [-0.05, 0) is 30.7 Å². The maximum Gasteiger partial charge on any atom is 0.231 e. The Labute approximate surface area is 94.0 Å². The van der Waals surface area contributed by atoms with E-state index in [1.807, 2.05) is 12.1 Å². The number of hydrogen-bond acceptors (Lipinski definition) is 3. The number of rotatable bonds is 3. The molecule has 1 aromatic carbocycles. The van der Waals surface area contributed by atoms with Gasteiger partial charge in [-0.3, -0.25) is 9.59 Å². The SMILES string of the molecule is CC(=O)CCN1C(=O)Cc2cc(N)ccc21. The van der Waals surface area contributed by atoms with E-state index in [0.717, 1.165) is 11.3 Å². The van der Waals surface area contributed by atoms with Gasteiger partial charge in [0.1, 0.15) is 5.78 Å². The fourth-order valence-electron chi connectivity index (χ4n) is 1.92. The number of ketones is 1. The number of fused-ring (bicyclic) bond motifs is 1. The molecule has 0 radical (unpaired) electrons. The van der Waals surface area contributed by atoms with Crippen LogP contribution in [0.3, 0.4) is 0 Å². The second-order valence-electron chi connectivity index (χ2n) is 4.06. The normalized spacial score (nSPS) is 14.1. The van der Waals surface area contributed by atoms with Crippen LogP contribution in [0.15, 0.2) is 18.2 Å². The highest BCUT2D eigenvalue weighted by Crippen LogP contribution is 2.30. The fourth-order valence-corrected chi connectivity index (χ4v) is 1.92. The van der Waals surface area contributed by atoms with Crippen molar-refractivity contribution in [3.63, 3.8) is 0 Å². The number of Topliss-reactive ketones (excluding diaryl/α,β-unsaturated/α-hetero) is 1. The monoisotopic (exact) mass is 218 g/mol. The Hall–Kier alpha value is -1.84. The van der Waals surface area contributed by atoms with Gasteiger partial charge in [0.15, 0.2) is 0 Å². The first kappa shape index (κ1) is 10.7. The molecule has 1 aliphatic rings. The summed E-state index contributed by atoms with van der Waals surface area (Å²) in [7, 11) is 0. The molecule has 1 aromatic rings. The molecule has 0 aliphatic carbocycles. The molecule has 2 rings (SSSR count). The number of carbonyl (C=O) groups excluding carboxylic acids is 2. The van der Waals surface area contributed by atoms with Crippen LogP contribution in [0.4, 0.5) is 11.4 Å². The van der Waals surface area contributed by atoms with Crippen LogP contribution in [-0.4, -0.2) is 18.2 Å². The average Bonchev–Trinajstić information content (AvgIpc) is 2.50. The molecule has 16 heavy (non-hydrogen) atoms. The van der Waals surface area contributed by atoms with Crippen LogP contribution in [0.25, 0.3) is 0 Å². The van der Waals surface area contributed by atoms with Crippen LogP contribution >= 0.6 is 0 Å². The topological polar surface area (TPSA) is 63.4 Å². The first-order valence-electron chi connectivity index (χ1n) is 5.26. The van der Waals surface area contributed by atoms with E-state index >= 15 is 0 Å². The Morgan fingerprint density at radius 3 is 2.94 bits per heavy atom. The van der Waals surface area contributed by atoms with Crippen molar-refractivity contribution in [2.75, 3.05) is 17.2 Å². The van der Waals surface area contributed by atoms with Gasteiger partial charge in [-0.25, -0.2) is 0 Å². The minimum atomic E-state index is 0.0434. The zero-order chi connectivity index (χ0) is 11.7. The zero-order valence-electron chi connectivity index (χ0n) is 9.19. The summed E-state index contributed by atoms with van der Waals surface area (Å²) < 4.78 is 0. The summed E-state index contributed by atoms with van der Waals surface area (Å²) in [6.07, 6.45) is 0.786. The summed E-state index contributed by atoms with van der Waals surface area (Å²) >= 11 is 0. The Morgan fingerprint density at radius 1 is 1.50 bits per heavy atom. The van der Waals surface area contributed by atoms with Crippen LogP contribution < -0.4 is 10.6 Å². The predicted molar refractivity (Wildman–Crippen MR) is 62.2 cm³/mol. The van der Waals surface area contributed by atoms with E-state index in [-0.39, 0.29) is 11.7 Å². The lowest BCUT2D eigenvalue weighted by atomic mass is 10.1. The molecule has 1 aliphatic heterocycles. The third-order valence-electron chi connectivity index (χ3n) is 2.72. The molecule has 1 amide bonds. The molecule has 84 valence electrons. The smallest absolute Gasteiger partial charge is 0.231 e. The molecule has 2 N–H and O–H groups in total. The summed E-state index contributed by atoms with van der Waals surface area (Å²) in [6.45, 7) is 2.00. The molecule has 0 unspecified atom stereocenters. The molecular formula is C12H14N2O2. The third kappa shape index (κ3) is 1.91. The van der Waals surface area contributed by atoms with E-state index in [1.165, 1.54) is 6.92 Å². The molecule has 4 heteroatoms. The summed E-state index contributed by atoms with van der Waals surface area (Å²) in [4.78, 5) is 24.3. The van der Waals surface area contributed by atoms with Crippen molar-refractivity contribution >= 4 is 23.1 Å². The van der Waals surface area contributed by atoms with Gasteiger partial charge in [0, 0.05) is 24.3 Å². The first-order valence-corrected chi connectivity index (χ1v) is 5.26. The lowest BCUT2D eigenvalue weighted by Crippen LogP contribution is -2.28. The van der Waals surface area contributed by atoms with Crippen LogP contribution in [0.2, 0.25) is 0 Å². The highest BCUT2D eigenvalue weighted by Gasteiger charge is 2.26. The molecule has 0 bridgehead atoms. The fraction of sp³-hybridized carbons (Fsp3) is 0.333. The lowest BCUT2D eigenvalue weighted by Gasteiger charge is -2.16. The Morgan fingerprint density at radius 2 is 2.25 bits per heavy atom. The van der Waals surface area contributed by atoms with Crippen LogP contribution in [0.5, 0.6) is 0 Å². The Bertz CT molecular complexity index is 454. The zero-order valence-corrected chi connectivity index (χ0v) is 9.19. The molecule has 0 saturated heterocycles. The van der Waals surface area contributed by atoms with Crippen molar-refractivity contribution in [2.24, 2.45) is 0 Å². The standard InChI is InChI=1S/C12H14N2O2/c1-8(15)4-5-14-11-3-2-10(13)6-9(11)7-12(14)16/h2-3,6H,4-5,7,13H2,1H3. The van der Waals surface area contributed by atoms with E-state index in [4.69, 9.17) is 5.73 Å². The second kappa shape index (κ2) is 3.96. The molecular weight excluding hydrogens is 204 g/mol. The van der Waals surface area contributed by atoms with Crippen molar-refractivity contribution in [1.82, 2.24) is 0 Å². The van der Waals surface area contributed by atoms with E-state index in [9.17, 15) is 9.59 Å². The first-order chi connectivity index (χ1) is 7.58. The van der Waals surface area contributed by atoms with Gasteiger partial charge in [0.05, 0.1) is 6.42 Å². The number of benzene rings is 1. The summed E-state index contributed by atoms with van der Waals surface area (Å²) in [6, 6.07) is 5.44. The van der Waals surface area contributed by atoms with Gasteiger partial charge in [-0.1, -0.05) is 0 Å². The van der Waals surface area contributed by atoms with Gasteiger partial charge in [0.2, 0.25) is 5.91 Å². The minimum Gasteiger partial charge on any atom is -0.399 e. The number of hydrogen-bond donors (Lipinski definition) is 1. The molecule has 0 saturated carbocycles. The van der Waals surface area contributed by atoms with Crippen LogP contribution in [0.1, 0.15) is 18.9 Å². The van der Waals surface area contributed by atoms with E-state index in [2.05, 4.69) is 0 Å². The number of nitrogens with two attached hydrogens (primary N) is 1. The van der Waals surface area contributed by atoms with Crippen molar-refractivity contribution in [3.05, 3.63) is 23.8 Å². The van der Waals surface area contributed by atoms with Gasteiger partial charge in [-0.2, -0.15) is 0 Å². The Kier molecular flexibility index (Phi) is 2.64.